The van der Waals surface area contributed by atoms with Crippen molar-refractivity contribution in [3.05, 3.63) is 29.8 Å². The summed E-state index contributed by atoms with van der Waals surface area (Å²) in [6.45, 7) is 7.18. The van der Waals surface area contributed by atoms with Crippen LogP contribution in [0.5, 0.6) is 5.75 Å². The maximum absolute atomic E-state index is 12.6. The van der Waals surface area contributed by atoms with E-state index in [0.717, 1.165) is 0 Å². The third-order valence-electron chi connectivity index (χ3n) is 3.98. The standard InChI is InChI=1S/C16H19F3N2O/c1-15(2,3)21-9-11(8-20)13(10-21)12-6-4-5-7-14(12)22-16(17,18)19/h4-7,11,13H,9-10H2,1-3H3/t11-,13-/m0/s1. The fraction of sp³-hybridized carbons (Fsp3) is 0.562. The van der Waals surface area contributed by atoms with E-state index in [1.54, 1.807) is 12.1 Å². The molecule has 6 heteroatoms. The second-order valence-corrected chi connectivity index (χ2v) is 6.50. The van der Waals surface area contributed by atoms with Crippen molar-refractivity contribution in [3.63, 3.8) is 0 Å². The first kappa shape index (κ1) is 16.6. The molecule has 3 nitrogen and oxygen atoms in total. The Kier molecular flexibility index (Phi) is 4.39. The minimum Gasteiger partial charge on any atom is -0.405 e. The Morgan fingerprint density at radius 1 is 1.18 bits per heavy atom. The van der Waals surface area contributed by atoms with Gasteiger partial charge in [0.05, 0.1) is 12.0 Å². The lowest BCUT2D eigenvalue weighted by molar-refractivity contribution is -0.275. The summed E-state index contributed by atoms with van der Waals surface area (Å²) >= 11 is 0. The average Bonchev–Trinajstić information content (AvgIpc) is 2.81. The highest BCUT2D eigenvalue weighted by atomic mass is 19.4. The van der Waals surface area contributed by atoms with Gasteiger partial charge in [-0.25, -0.2) is 0 Å². The molecule has 0 unspecified atom stereocenters. The zero-order valence-corrected chi connectivity index (χ0v) is 12.8. The zero-order chi connectivity index (χ0) is 16.5. The number of hydrogen-bond donors (Lipinski definition) is 0. The first-order valence-electron chi connectivity index (χ1n) is 7.11. The van der Waals surface area contributed by atoms with Crippen LogP contribution in [0.3, 0.4) is 0 Å². The van der Waals surface area contributed by atoms with Gasteiger partial charge in [0.15, 0.2) is 0 Å². The van der Waals surface area contributed by atoms with Crippen LogP contribution in [0.15, 0.2) is 24.3 Å². The minimum absolute atomic E-state index is 0.135. The van der Waals surface area contributed by atoms with Crippen LogP contribution in [0.25, 0.3) is 0 Å². The molecule has 0 aromatic heterocycles. The largest absolute Gasteiger partial charge is 0.573 e. The molecule has 1 aromatic carbocycles. The van der Waals surface area contributed by atoms with E-state index in [2.05, 4.69) is 15.7 Å². The molecule has 1 heterocycles. The van der Waals surface area contributed by atoms with Gasteiger partial charge in [0.2, 0.25) is 0 Å². The van der Waals surface area contributed by atoms with Crippen molar-refractivity contribution in [2.24, 2.45) is 5.92 Å². The highest BCUT2D eigenvalue weighted by molar-refractivity contribution is 5.39. The second kappa shape index (κ2) is 5.81. The van der Waals surface area contributed by atoms with Gasteiger partial charge in [-0.1, -0.05) is 18.2 Å². The third-order valence-corrected chi connectivity index (χ3v) is 3.98. The maximum atomic E-state index is 12.6. The monoisotopic (exact) mass is 312 g/mol. The molecule has 2 rings (SSSR count). The van der Waals surface area contributed by atoms with E-state index >= 15 is 0 Å². The van der Waals surface area contributed by atoms with Crippen LogP contribution in [-0.2, 0) is 0 Å². The average molecular weight is 312 g/mol. The van der Waals surface area contributed by atoms with Crippen molar-refractivity contribution < 1.29 is 17.9 Å². The number of halogens is 3. The van der Waals surface area contributed by atoms with Crippen LogP contribution in [-0.4, -0.2) is 29.9 Å². The van der Waals surface area contributed by atoms with Crippen LogP contribution < -0.4 is 4.74 Å². The Bertz CT molecular complexity index is 572. The quantitative estimate of drug-likeness (QED) is 0.830. The van der Waals surface area contributed by atoms with Gasteiger partial charge in [0.1, 0.15) is 5.75 Å². The number of para-hydroxylation sites is 1. The van der Waals surface area contributed by atoms with Gasteiger partial charge in [-0.3, -0.25) is 4.90 Å². The van der Waals surface area contributed by atoms with Crippen molar-refractivity contribution in [1.29, 1.82) is 5.26 Å². The van der Waals surface area contributed by atoms with Gasteiger partial charge >= 0.3 is 6.36 Å². The van der Waals surface area contributed by atoms with Crippen LogP contribution in [0, 0.1) is 17.2 Å². The summed E-state index contributed by atoms with van der Waals surface area (Å²) in [5, 5.41) is 9.37. The first-order chi connectivity index (χ1) is 10.1. The van der Waals surface area contributed by atoms with Crippen molar-refractivity contribution in [2.45, 2.75) is 38.6 Å². The van der Waals surface area contributed by atoms with Crippen LogP contribution in [0.4, 0.5) is 13.2 Å². The molecule has 22 heavy (non-hydrogen) atoms. The number of likely N-dealkylation sites (tertiary alicyclic amines) is 1. The number of alkyl halides is 3. The summed E-state index contributed by atoms with van der Waals surface area (Å²) < 4.78 is 41.8. The minimum atomic E-state index is -4.74. The molecule has 2 atom stereocenters. The van der Waals surface area contributed by atoms with Crippen molar-refractivity contribution in [3.8, 4) is 11.8 Å². The van der Waals surface area contributed by atoms with Gasteiger partial charge in [0, 0.05) is 30.1 Å². The lowest BCUT2D eigenvalue weighted by Gasteiger charge is -2.31. The van der Waals surface area contributed by atoms with E-state index in [1.807, 2.05) is 20.8 Å². The van der Waals surface area contributed by atoms with E-state index in [0.29, 0.717) is 18.7 Å². The molecule has 0 aliphatic carbocycles. The van der Waals surface area contributed by atoms with Gasteiger partial charge < -0.3 is 4.74 Å². The van der Waals surface area contributed by atoms with Crippen LogP contribution in [0.1, 0.15) is 32.3 Å². The molecular weight excluding hydrogens is 293 g/mol. The highest BCUT2D eigenvalue weighted by Gasteiger charge is 2.41. The molecule has 1 aliphatic heterocycles. The molecule has 0 radical (unpaired) electrons. The van der Waals surface area contributed by atoms with E-state index in [4.69, 9.17) is 0 Å². The van der Waals surface area contributed by atoms with E-state index in [-0.39, 0.29) is 23.1 Å². The van der Waals surface area contributed by atoms with E-state index < -0.39 is 6.36 Å². The number of ether oxygens (including phenoxy) is 1. The van der Waals surface area contributed by atoms with Gasteiger partial charge in [0.25, 0.3) is 0 Å². The van der Waals surface area contributed by atoms with E-state index in [1.165, 1.54) is 12.1 Å². The molecule has 0 N–H and O–H groups in total. The van der Waals surface area contributed by atoms with Gasteiger partial charge in [-0.05, 0) is 26.8 Å². The number of nitriles is 1. The molecule has 0 bridgehead atoms. The summed E-state index contributed by atoms with van der Waals surface area (Å²) in [5.74, 6) is -0.851. The number of nitrogens with zero attached hydrogens (tertiary/aromatic N) is 2. The summed E-state index contributed by atoms with van der Waals surface area (Å²) in [7, 11) is 0. The molecule has 1 fully saturated rings. The predicted molar refractivity (Wildman–Crippen MR) is 76.3 cm³/mol. The summed E-state index contributed by atoms with van der Waals surface area (Å²) in [6.07, 6.45) is -4.74. The van der Waals surface area contributed by atoms with Gasteiger partial charge in [-0.2, -0.15) is 5.26 Å². The smallest absolute Gasteiger partial charge is 0.405 e. The summed E-state index contributed by atoms with van der Waals surface area (Å²) in [5.41, 5.74) is 0.307. The number of rotatable bonds is 2. The molecule has 1 aliphatic rings. The number of hydrogen-bond acceptors (Lipinski definition) is 3. The fourth-order valence-electron chi connectivity index (χ4n) is 2.80. The van der Waals surface area contributed by atoms with Gasteiger partial charge in [-0.15, -0.1) is 13.2 Å². The number of benzene rings is 1. The molecule has 0 saturated carbocycles. The summed E-state index contributed by atoms with van der Waals surface area (Å²) in [6, 6.07) is 8.32. The fourth-order valence-corrected chi connectivity index (χ4v) is 2.80. The molecule has 1 aromatic rings. The molecule has 1 saturated heterocycles. The SMILES string of the molecule is CC(C)(C)N1C[C@H](c2ccccc2OC(F)(F)F)[C@@H](C#N)C1. The zero-order valence-electron chi connectivity index (χ0n) is 12.8. The Balaban J connectivity index is 2.33. The third kappa shape index (κ3) is 3.72. The Morgan fingerprint density at radius 2 is 1.82 bits per heavy atom. The molecule has 120 valence electrons. The second-order valence-electron chi connectivity index (χ2n) is 6.50. The van der Waals surface area contributed by atoms with Crippen LogP contribution >= 0.6 is 0 Å². The van der Waals surface area contributed by atoms with Crippen LogP contribution in [0.2, 0.25) is 0 Å². The Labute approximate surface area is 128 Å². The Hall–Kier alpha value is -1.74. The highest BCUT2D eigenvalue weighted by Crippen LogP contribution is 2.40. The molecular formula is C16H19F3N2O. The van der Waals surface area contributed by atoms with Crippen molar-refractivity contribution >= 4 is 0 Å². The van der Waals surface area contributed by atoms with Crippen molar-refractivity contribution in [2.75, 3.05) is 13.1 Å². The van der Waals surface area contributed by atoms with Crippen molar-refractivity contribution in [1.82, 2.24) is 4.90 Å². The predicted octanol–water partition coefficient (Wildman–Crippen LogP) is 3.92. The Morgan fingerprint density at radius 3 is 2.36 bits per heavy atom. The normalized spacial score (nSPS) is 23.3. The lowest BCUT2D eigenvalue weighted by atomic mass is 9.89. The molecule has 0 amide bonds. The lowest BCUT2D eigenvalue weighted by Crippen LogP contribution is -2.39. The molecule has 0 spiro atoms. The summed E-state index contributed by atoms with van der Waals surface area (Å²) in [4.78, 5) is 2.12. The van der Waals surface area contributed by atoms with E-state index in [9.17, 15) is 18.4 Å². The first-order valence-corrected chi connectivity index (χ1v) is 7.11. The topological polar surface area (TPSA) is 36.3 Å². The maximum Gasteiger partial charge on any atom is 0.573 e.